The second-order valence-corrected chi connectivity index (χ2v) is 7.35. The van der Waals surface area contributed by atoms with Crippen molar-refractivity contribution >= 4 is 22.6 Å². The van der Waals surface area contributed by atoms with Crippen molar-refractivity contribution in [2.24, 2.45) is 0 Å². The lowest BCUT2D eigenvalue weighted by Crippen LogP contribution is -2.10. The number of halogens is 1. The number of nitrogens with zero attached hydrogens (tertiary/aromatic N) is 2. The number of fused-ring (bicyclic) bond motifs is 1. The highest BCUT2D eigenvalue weighted by atomic mass is 35.5. The van der Waals surface area contributed by atoms with Gasteiger partial charge in [-0.15, -0.1) is 6.58 Å². The highest BCUT2D eigenvalue weighted by Gasteiger charge is 2.13. The number of methoxy groups -OCH3 is 1. The molecule has 152 valence electrons. The van der Waals surface area contributed by atoms with Gasteiger partial charge in [-0.25, -0.2) is 4.98 Å². The Hall–Kier alpha value is -3.24. The molecule has 0 amide bonds. The van der Waals surface area contributed by atoms with Crippen molar-refractivity contribution in [1.82, 2.24) is 9.55 Å². The number of allylic oxidation sites excluding steroid dienone is 1. The first-order valence-electron chi connectivity index (χ1n) is 9.81. The zero-order valence-electron chi connectivity index (χ0n) is 16.8. The number of hydrogen-bond acceptors (Lipinski definition) is 3. The van der Waals surface area contributed by atoms with Gasteiger partial charge >= 0.3 is 0 Å². The molecule has 0 radical (unpaired) electrons. The third-order valence-electron chi connectivity index (χ3n) is 4.94. The Balaban J connectivity index is 1.59. The topological polar surface area (TPSA) is 36.3 Å². The predicted molar refractivity (Wildman–Crippen MR) is 123 cm³/mol. The van der Waals surface area contributed by atoms with Gasteiger partial charge in [-0.2, -0.15) is 0 Å². The molecule has 0 aliphatic rings. The van der Waals surface area contributed by atoms with Crippen LogP contribution in [-0.2, 0) is 13.0 Å². The summed E-state index contributed by atoms with van der Waals surface area (Å²) < 4.78 is 13.8. The number of benzene rings is 3. The molecule has 0 unspecified atom stereocenters. The molecule has 4 rings (SSSR count). The van der Waals surface area contributed by atoms with Crippen molar-refractivity contribution in [3.63, 3.8) is 0 Å². The smallest absolute Gasteiger partial charge is 0.161 e. The molecule has 0 fully saturated rings. The van der Waals surface area contributed by atoms with E-state index in [1.807, 2.05) is 66.7 Å². The van der Waals surface area contributed by atoms with Gasteiger partial charge in [-0.1, -0.05) is 35.9 Å². The van der Waals surface area contributed by atoms with Crippen LogP contribution in [0.4, 0.5) is 0 Å². The molecule has 0 aliphatic carbocycles. The van der Waals surface area contributed by atoms with Gasteiger partial charge in [0.15, 0.2) is 11.5 Å². The lowest BCUT2D eigenvalue weighted by Gasteiger charge is -2.14. The third-order valence-corrected chi connectivity index (χ3v) is 5.19. The lowest BCUT2D eigenvalue weighted by molar-refractivity contribution is 0.281. The quantitative estimate of drug-likeness (QED) is 0.321. The summed E-state index contributed by atoms with van der Waals surface area (Å²) in [6.07, 6.45) is 2.67. The van der Waals surface area contributed by atoms with Crippen molar-refractivity contribution in [3.05, 3.63) is 90.0 Å². The molecule has 0 saturated carbocycles. The molecule has 1 heterocycles. The van der Waals surface area contributed by atoms with Crippen LogP contribution in [0.25, 0.3) is 22.4 Å². The van der Waals surface area contributed by atoms with E-state index in [-0.39, 0.29) is 0 Å². The number of imidazole rings is 1. The van der Waals surface area contributed by atoms with Crippen LogP contribution >= 0.6 is 11.6 Å². The van der Waals surface area contributed by atoms with E-state index in [0.717, 1.165) is 45.9 Å². The highest BCUT2D eigenvalue weighted by Crippen LogP contribution is 2.29. The summed E-state index contributed by atoms with van der Waals surface area (Å²) in [5.74, 6) is 2.34. The number of para-hydroxylation sites is 2. The SMILES string of the molecule is C=CCc1ccc(OCCn2c(-c3ccc(Cl)cc3)nc3ccccc32)c(OC)c1. The Morgan fingerprint density at radius 3 is 2.60 bits per heavy atom. The van der Waals surface area contributed by atoms with Crippen molar-refractivity contribution in [2.45, 2.75) is 13.0 Å². The van der Waals surface area contributed by atoms with Crippen molar-refractivity contribution < 1.29 is 9.47 Å². The molecule has 5 heteroatoms. The summed E-state index contributed by atoms with van der Waals surface area (Å²) in [6.45, 7) is 4.92. The van der Waals surface area contributed by atoms with Gasteiger partial charge in [0.05, 0.1) is 24.7 Å². The Morgan fingerprint density at radius 2 is 1.83 bits per heavy atom. The van der Waals surface area contributed by atoms with Crippen LogP contribution in [0.5, 0.6) is 11.5 Å². The van der Waals surface area contributed by atoms with E-state index in [2.05, 4.69) is 17.2 Å². The molecule has 3 aromatic carbocycles. The average molecular weight is 419 g/mol. The van der Waals surface area contributed by atoms with E-state index in [1.165, 1.54) is 0 Å². The minimum absolute atomic E-state index is 0.484. The summed E-state index contributed by atoms with van der Waals surface area (Å²) >= 11 is 6.06. The van der Waals surface area contributed by atoms with Crippen LogP contribution in [0.3, 0.4) is 0 Å². The van der Waals surface area contributed by atoms with E-state index >= 15 is 0 Å². The zero-order chi connectivity index (χ0) is 20.9. The molecule has 0 N–H and O–H groups in total. The molecule has 0 aliphatic heterocycles. The van der Waals surface area contributed by atoms with Crippen LogP contribution in [0.1, 0.15) is 5.56 Å². The molecule has 4 nitrogen and oxygen atoms in total. The van der Waals surface area contributed by atoms with Gasteiger partial charge < -0.3 is 14.0 Å². The summed E-state index contributed by atoms with van der Waals surface area (Å²) in [6, 6.07) is 21.8. The van der Waals surface area contributed by atoms with Gasteiger partial charge in [0.2, 0.25) is 0 Å². The van der Waals surface area contributed by atoms with Gasteiger partial charge in [0, 0.05) is 10.6 Å². The molecule has 0 saturated heterocycles. The van der Waals surface area contributed by atoms with Gasteiger partial charge in [-0.05, 0) is 60.5 Å². The first-order chi connectivity index (χ1) is 14.7. The number of aromatic nitrogens is 2. The van der Waals surface area contributed by atoms with Crippen molar-refractivity contribution in [3.8, 4) is 22.9 Å². The summed E-state index contributed by atoms with van der Waals surface area (Å²) in [7, 11) is 1.65. The second kappa shape index (κ2) is 9.06. The first kappa shape index (κ1) is 20.0. The fourth-order valence-electron chi connectivity index (χ4n) is 3.49. The largest absolute Gasteiger partial charge is 0.493 e. The maximum absolute atomic E-state index is 6.07. The van der Waals surface area contributed by atoms with E-state index in [9.17, 15) is 0 Å². The van der Waals surface area contributed by atoms with Crippen LogP contribution in [0.15, 0.2) is 79.4 Å². The van der Waals surface area contributed by atoms with E-state index < -0.39 is 0 Å². The fourth-order valence-corrected chi connectivity index (χ4v) is 3.62. The summed E-state index contributed by atoms with van der Waals surface area (Å²) in [5, 5.41) is 0.705. The van der Waals surface area contributed by atoms with Crippen molar-refractivity contribution in [2.75, 3.05) is 13.7 Å². The third kappa shape index (κ3) is 4.19. The normalized spacial score (nSPS) is 10.9. The van der Waals surface area contributed by atoms with Crippen molar-refractivity contribution in [1.29, 1.82) is 0 Å². The van der Waals surface area contributed by atoms with E-state index in [1.54, 1.807) is 7.11 Å². The van der Waals surface area contributed by atoms with Crippen LogP contribution in [0, 0.1) is 0 Å². The van der Waals surface area contributed by atoms with Crippen LogP contribution in [-0.4, -0.2) is 23.3 Å². The maximum atomic E-state index is 6.07. The number of hydrogen-bond donors (Lipinski definition) is 0. The predicted octanol–water partition coefficient (Wildman–Crippen LogP) is 6.17. The molecule has 0 atom stereocenters. The molecule has 0 bridgehead atoms. The monoisotopic (exact) mass is 418 g/mol. The summed E-state index contributed by atoms with van der Waals surface area (Å²) in [5.41, 5.74) is 4.18. The standard InChI is InChI=1S/C25H23ClN2O2/c1-3-6-18-9-14-23(24(17-18)29-2)30-16-15-28-22-8-5-4-7-21(22)27-25(28)19-10-12-20(26)13-11-19/h3-5,7-14,17H,1,6,15-16H2,2H3. The lowest BCUT2D eigenvalue weighted by atomic mass is 10.1. The minimum atomic E-state index is 0.484. The Labute approximate surface area is 181 Å². The van der Waals surface area contributed by atoms with Gasteiger partial charge in [-0.3, -0.25) is 0 Å². The fraction of sp³-hybridized carbons (Fsp3) is 0.160. The second-order valence-electron chi connectivity index (χ2n) is 6.91. The summed E-state index contributed by atoms with van der Waals surface area (Å²) in [4.78, 5) is 4.83. The number of ether oxygens (including phenoxy) is 2. The minimum Gasteiger partial charge on any atom is -0.493 e. The van der Waals surface area contributed by atoms with Crippen LogP contribution in [0.2, 0.25) is 5.02 Å². The average Bonchev–Trinajstić information content (AvgIpc) is 3.14. The van der Waals surface area contributed by atoms with Gasteiger partial charge in [0.1, 0.15) is 12.4 Å². The molecular formula is C25H23ClN2O2. The zero-order valence-corrected chi connectivity index (χ0v) is 17.6. The van der Waals surface area contributed by atoms with Gasteiger partial charge in [0.25, 0.3) is 0 Å². The molecule has 30 heavy (non-hydrogen) atoms. The number of rotatable bonds is 8. The van der Waals surface area contributed by atoms with E-state index in [0.29, 0.717) is 18.2 Å². The van der Waals surface area contributed by atoms with Crippen LogP contribution < -0.4 is 9.47 Å². The molecule has 0 spiro atoms. The highest BCUT2D eigenvalue weighted by molar-refractivity contribution is 6.30. The maximum Gasteiger partial charge on any atom is 0.161 e. The Morgan fingerprint density at radius 1 is 1.03 bits per heavy atom. The molecule has 1 aromatic heterocycles. The van der Waals surface area contributed by atoms with E-state index in [4.69, 9.17) is 26.1 Å². The Kier molecular flexibility index (Phi) is 6.05. The Bertz CT molecular complexity index is 1170. The molecule has 4 aromatic rings. The first-order valence-corrected chi connectivity index (χ1v) is 10.2. The molecular weight excluding hydrogens is 396 g/mol.